The number of fused-ring (bicyclic) bond motifs is 3. The summed E-state index contributed by atoms with van der Waals surface area (Å²) >= 11 is 0. The second-order valence-electron chi connectivity index (χ2n) is 7.27. The molecule has 134 valence electrons. The number of benzene rings is 2. The van der Waals surface area contributed by atoms with E-state index in [0.717, 1.165) is 0 Å². The Morgan fingerprint density at radius 3 is 2.19 bits per heavy atom. The third-order valence-electron chi connectivity index (χ3n) is 5.61. The number of carbonyl (C=O) groups is 2. The standard InChI is InChI=1S/C21H21NO4/c1-21(12-19(23)24)10-11-22(21)20(25)26-13-18-16-8-4-2-6-14(16)15-7-3-5-9-17(15)18/h2-9,18H,10-13H2,1H3,(H,23,24). The molecule has 5 heteroatoms. The van der Waals surface area contributed by atoms with Crippen LogP contribution in [0.2, 0.25) is 0 Å². The van der Waals surface area contributed by atoms with E-state index in [9.17, 15) is 9.59 Å². The van der Waals surface area contributed by atoms with Gasteiger partial charge in [0.2, 0.25) is 0 Å². The quantitative estimate of drug-likeness (QED) is 0.908. The summed E-state index contributed by atoms with van der Waals surface area (Å²) in [5.41, 5.74) is 4.05. The number of hydrogen-bond donors (Lipinski definition) is 1. The average Bonchev–Trinajstić information content (AvgIpc) is 2.92. The molecule has 2 aromatic carbocycles. The highest BCUT2D eigenvalue weighted by Crippen LogP contribution is 2.44. The molecule has 1 atom stereocenters. The van der Waals surface area contributed by atoms with Gasteiger partial charge in [-0.3, -0.25) is 4.79 Å². The van der Waals surface area contributed by atoms with Gasteiger partial charge in [0, 0.05) is 12.5 Å². The molecule has 1 aliphatic carbocycles. The summed E-state index contributed by atoms with van der Waals surface area (Å²) < 4.78 is 5.61. The van der Waals surface area contributed by atoms with Crippen LogP contribution in [-0.2, 0) is 9.53 Å². The lowest BCUT2D eigenvalue weighted by atomic mass is 9.84. The van der Waals surface area contributed by atoms with Gasteiger partial charge in [0.15, 0.2) is 0 Å². The van der Waals surface area contributed by atoms with Crippen LogP contribution in [0.15, 0.2) is 48.5 Å². The van der Waals surface area contributed by atoms with Gasteiger partial charge in [0.25, 0.3) is 0 Å². The van der Waals surface area contributed by atoms with E-state index in [4.69, 9.17) is 9.84 Å². The largest absolute Gasteiger partial charge is 0.481 e. The Balaban J connectivity index is 1.50. The van der Waals surface area contributed by atoms with Crippen LogP contribution in [0, 0.1) is 0 Å². The van der Waals surface area contributed by atoms with Crippen LogP contribution < -0.4 is 0 Å². The number of amides is 1. The zero-order valence-corrected chi connectivity index (χ0v) is 14.6. The summed E-state index contributed by atoms with van der Waals surface area (Å²) in [5, 5.41) is 9.06. The van der Waals surface area contributed by atoms with Crippen molar-refractivity contribution in [3.8, 4) is 11.1 Å². The molecule has 5 nitrogen and oxygen atoms in total. The van der Waals surface area contributed by atoms with Crippen LogP contribution in [0.4, 0.5) is 4.79 Å². The summed E-state index contributed by atoms with van der Waals surface area (Å²) in [7, 11) is 0. The second kappa shape index (κ2) is 6.16. The van der Waals surface area contributed by atoms with Gasteiger partial charge in [-0.15, -0.1) is 0 Å². The van der Waals surface area contributed by atoms with E-state index in [1.165, 1.54) is 27.2 Å². The molecule has 1 heterocycles. The summed E-state index contributed by atoms with van der Waals surface area (Å²) in [5.74, 6) is -0.887. The fourth-order valence-electron chi connectivity index (χ4n) is 4.10. The molecule has 1 amide bonds. The van der Waals surface area contributed by atoms with Crippen molar-refractivity contribution in [2.75, 3.05) is 13.2 Å². The number of rotatable bonds is 4. The number of ether oxygens (including phenoxy) is 1. The molecule has 1 saturated heterocycles. The van der Waals surface area contributed by atoms with Gasteiger partial charge in [-0.2, -0.15) is 0 Å². The maximum absolute atomic E-state index is 12.5. The fraction of sp³-hybridized carbons (Fsp3) is 0.333. The summed E-state index contributed by atoms with van der Waals surface area (Å²) in [6.45, 7) is 2.60. The van der Waals surface area contributed by atoms with Crippen LogP contribution in [0.1, 0.15) is 36.8 Å². The van der Waals surface area contributed by atoms with Gasteiger partial charge >= 0.3 is 12.1 Å². The summed E-state index contributed by atoms with van der Waals surface area (Å²) in [4.78, 5) is 25.1. The predicted molar refractivity (Wildman–Crippen MR) is 97.0 cm³/mol. The number of carbonyl (C=O) groups excluding carboxylic acids is 1. The second-order valence-corrected chi connectivity index (χ2v) is 7.27. The first-order valence-electron chi connectivity index (χ1n) is 8.84. The van der Waals surface area contributed by atoms with Crippen LogP contribution in [-0.4, -0.2) is 40.8 Å². The molecule has 0 aromatic heterocycles. The van der Waals surface area contributed by atoms with E-state index in [2.05, 4.69) is 24.3 Å². The Morgan fingerprint density at radius 2 is 1.69 bits per heavy atom. The molecule has 2 aromatic rings. The average molecular weight is 351 g/mol. The summed E-state index contributed by atoms with van der Waals surface area (Å²) in [6, 6.07) is 16.4. The third kappa shape index (κ3) is 2.64. The Kier molecular flexibility index (Phi) is 3.94. The molecule has 0 bridgehead atoms. The van der Waals surface area contributed by atoms with Gasteiger partial charge in [-0.25, -0.2) is 4.79 Å². The van der Waals surface area contributed by atoms with E-state index in [1.807, 2.05) is 24.3 Å². The lowest BCUT2D eigenvalue weighted by Gasteiger charge is -2.48. The van der Waals surface area contributed by atoms with Crippen LogP contribution >= 0.6 is 0 Å². The van der Waals surface area contributed by atoms with Crippen molar-refractivity contribution in [1.29, 1.82) is 0 Å². The SMILES string of the molecule is CC1(CC(=O)O)CCN1C(=O)OCC1c2ccccc2-c2ccccc21. The minimum Gasteiger partial charge on any atom is -0.481 e. The van der Waals surface area contributed by atoms with Crippen molar-refractivity contribution in [3.05, 3.63) is 59.7 Å². The number of likely N-dealkylation sites (tertiary alicyclic amines) is 1. The Hall–Kier alpha value is -2.82. The van der Waals surface area contributed by atoms with Gasteiger partial charge in [-0.1, -0.05) is 48.5 Å². The van der Waals surface area contributed by atoms with Gasteiger partial charge in [0.1, 0.15) is 6.61 Å². The first kappa shape index (κ1) is 16.6. The van der Waals surface area contributed by atoms with Crippen molar-refractivity contribution >= 4 is 12.1 Å². The lowest BCUT2D eigenvalue weighted by Crippen LogP contribution is -2.61. The number of aliphatic carboxylic acids is 1. The smallest absolute Gasteiger partial charge is 0.410 e. The predicted octanol–water partition coefficient (Wildman–Crippen LogP) is 3.87. The molecule has 1 aliphatic heterocycles. The van der Waals surface area contributed by atoms with Crippen molar-refractivity contribution < 1.29 is 19.4 Å². The van der Waals surface area contributed by atoms with Crippen LogP contribution in [0.3, 0.4) is 0 Å². The van der Waals surface area contributed by atoms with Crippen molar-refractivity contribution in [2.45, 2.75) is 31.2 Å². The molecule has 4 rings (SSSR count). The zero-order valence-electron chi connectivity index (χ0n) is 14.6. The molecule has 2 aliphatic rings. The highest BCUT2D eigenvalue weighted by molar-refractivity contribution is 5.79. The third-order valence-corrected chi connectivity index (χ3v) is 5.61. The minimum absolute atomic E-state index is 0.0124. The molecule has 1 fully saturated rings. The zero-order chi connectivity index (χ0) is 18.3. The molecular weight excluding hydrogens is 330 g/mol. The van der Waals surface area contributed by atoms with E-state index in [-0.39, 0.29) is 18.9 Å². The van der Waals surface area contributed by atoms with E-state index >= 15 is 0 Å². The van der Waals surface area contributed by atoms with Gasteiger partial charge in [0.05, 0.1) is 12.0 Å². The number of carboxylic acid groups (broad SMARTS) is 1. The maximum Gasteiger partial charge on any atom is 0.410 e. The van der Waals surface area contributed by atoms with Crippen molar-refractivity contribution in [1.82, 2.24) is 4.90 Å². The first-order valence-corrected chi connectivity index (χ1v) is 8.84. The van der Waals surface area contributed by atoms with E-state index < -0.39 is 17.6 Å². The van der Waals surface area contributed by atoms with Gasteiger partial charge in [-0.05, 0) is 35.6 Å². The maximum atomic E-state index is 12.5. The van der Waals surface area contributed by atoms with Crippen LogP contribution in [0.5, 0.6) is 0 Å². The highest BCUT2D eigenvalue weighted by atomic mass is 16.6. The molecule has 0 radical (unpaired) electrons. The molecule has 0 saturated carbocycles. The lowest BCUT2D eigenvalue weighted by molar-refractivity contribution is -0.142. The Labute approximate surface area is 152 Å². The van der Waals surface area contributed by atoms with Crippen molar-refractivity contribution in [2.24, 2.45) is 0 Å². The molecule has 0 spiro atoms. The first-order chi connectivity index (χ1) is 12.5. The van der Waals surface area contributed by atoms with E-state index in [0.29, 0.717) is 13.0 Å². The molecular formula is C21H21NO4. The number of carboxylic acids is 1. The molecule has 1 unspecified atom stereocenters. The van der Waals surface area contributed by atoms with E-state index in [1.54, 1.807) is 6.92 Å². The van der Waals surface area contributed by atoms with Crippen molar-refractivity contribution in [3.63, 3.8) is 0 Å². The monoisotopic (exact) mass is 351 g/mol. The fourth-order valence-corrected chi connectivity index (χ4v) is 4.10. The minimum atomic E-state index is -0.899. The number of hydrogen-bond acceptors (Lipinski definition) is 3. The number of nitrogens with zero attached hydrogens (tertiary/aromatic N) is 1. The van der Waals surface area contributed by atoms with Crippen LogP contribution in [0.25, 0.3) is 11.1 Å². The Morgan fingerprint density at radius 1 is 1.12 bits per heavy atom. The normalized spacial score (nSPS) is 20.9. The molecule has 1 N–H and O–H groups in total. The highest BCUT2D eigenvalue weighted by Gasteiger charge is 2.46. The summed E-state index contributed by atoms with van der Waals surface area (Å²) in [6.07, 6.45) is 0.197. The van der Waals surface area contributed by atoms with Gasteiger partial charge < -0.3 is 14.7 Å². The molecule has 26 heavy (non-hydrogen) atoms. The topological polar surface area (TPSA) is 66.8 Å². The Bertz CT molecular complexity index is 832.